The molecule has 0 bridgehead atoms. The number of rotatable bonds is 10. The average Bonchev–Trinajstić information content (AvgIpc) is 3.22. The van der Waals surface area contributed by atoms with Gasteiger partial charge in [0.25, 0.3) is 0 Å². The van der Waals surface area contributed by atoms with Gasteiger partial charge in [0.15, 0.2) is 0 Å². The van der Waals surface area contributed by atoms with Gasteiger partial charge in [0.05, 0.1) is 0 Å². The van der Waals surface area contributed by atoms with E-state index >= 15 is 0 Å². The van der Waals surface area contributed by atoms with Crippen molar-refractivity contribution < 1.29 is 0 Å². The second kappa shape index (κ2) is 15.8. The second-order valence-electron chi connectivity index (χ2n) is 13.1. The maximum atomic E-state index is 4.26. The first-order valence-corrected chi connectivity index (χ1v) is 18.2. The van der Waals surface area contributed by atoms with Crippen LogP contribution in [0.1, 0.15) is 43.4 Å². The van der Waals surface area contributed by atoms with E-state index in [1.807, 2.05) is 12.2 Å². The summed E-state index contributed by atoms with van der Waals surface area (Å²) < 4.78 is 0. The standard InChI is InChI=1S/C52H44/c1-5-37(41-21-13-9-14-22-41)33-39(7-3)51-47-31-29-46(44-27-19-12-20-28-44)36-50(47)52(40(8-4)34-38(6-2)42-23-15-10-16-24-42)48-32-30-45(35-49(48)51)43-25-17-11-18-26-43/h5-9,11-15,17-36H,1-2,10,16H2,3-4H3/b37-33+,38-34+,39-7+,40-8+. The summed E-state index contributed by atoms with van der Waals surface area (Å²) in [5.74, 6) is 0. The van der Waals surface area contributed by atoms with Gasteiger partial charge in [-0.05, 0) is 139 Å². The number of hydrogen-bond acceptors (Lipinski definition) is 0. The quantitative estimate of drug-likeness (QED) is 0.101. The fraction of sp³-hybridized carbons (Fsp3) is 0.0769. The van der Waals surface area contributed by atoms with Crippen LogP contribution in [0.4, 0.5) is 0 Å². The van der Waals surface area contributed by atoms with Gasteiger partial charge in [-0.1, -0.05) is 171 Å². The summed E-state index contributed by atoms with van der Waals surface area (Å²) in [5.41, 5.74) is 14.1. The molecular formula is C52H44. The molecule has 0 N–H and O–H groups in total. The summed E-state index contributed by atoms with van der Waals surface area (Å²) >= 11 is 0. The van der Waals surface area contributed by atoms with Gasteiger partial charge in [-0.2, -0.15) is 0 Å². The van der Waals surface area contributed by atoms with E-state index in [0.29, 0.717) is 0 Å². The number of fused-ring (bicyclic) bond motifs is 2. The van der Waals surface area contributed by atoms with Crippen molar-refractivity contribution in [1.82, 2.24) is 0 Å². The highest BCUT2D eigenvalue weighted by molar-refractivity contribution is 6.19. The predicted octanol–water partition coefficient (Wildman–Crippen LogP) is 14.8. The molecule has 0 unspecified atom stereocenters. The van der Waals surface area contributed by atoms with Crippen LogP contribution in [0.3, 0.4) is 0 Å². The van der Waals surface area contributed by atoms with Gasteiger partial charge >= 0.3 is 0 Å². The summed E-state index contributed by atoms with van der Waals surface area (Å²) in [4.78, 5) is 0. The van der Waals surface area contributed by atoms with E-state index in [0.717, 1.165) is 35.1 Å². The van der Waals surface area contributed by atoms with Crippen LogP contribution >= 0.6 is 0 Å². The van der Waals surface area contributed by atoms with Gasteiger partial charge in [0, 0.05) is 0 Å². The van der Waals surface area contributed by atoms with E-state index in [9.17, 15) is 0 Å². The topological polar surface area (TPSA) is 0 Å². The van der Waals surface area contributed by atoms with Crippen LogP contribution < -0.4 is 0 Å². The Morgan fingerprint density at radius 1 is 0.481 bits per heavy atom. The Bertz CT molecular complexity index is 2460. The molecule has 0 saturated carbocycles. The maximum Gasteiger partial charge on any atom is -0.00292 e. The zero-order valence-corrected chi connectivity index (χ0v) is 30.1. The highest BCUT2D eigenvalue weighted by atomic mass is 14.2. The minimum absolute atomic E-state index is 1.04. The van der Waals surface area contributed by atoms with Gasteiger partial charge in [-0.3, -0.25) is 0 Å². The van der Waals surface area contributed by atoms with Crippen LogP contribution in [-0.2, 0) is 0 Å². The van der Waals surface area contributed by atoms with Crippen molar-refractivity contribution >= 4 is 38.3 Å². The summed E-state index contributed by atoms with van der Waals surface area (Å²) in [6.45, 7) is 12.8. The SMILES string of the molecule is C=C/C(=C\C(=C/C)c1c2ccc(-c3ccccc3)cc2c(C(/C=C(\C=C)c2ccccc2)=C/C)c2ccc(-c3ccccc3)cc12)C1=CCCC=C1. The Balaban J connectivity index is 1.60. The van der Waals surface area contributed by atoms with Crippen LogP contribution in [0.15, 0.2) is 206 Å². The largest absolute Gasteiger partial charge is 0.0984 e. The minimum atomic E-state index is 1.04. The molecule has 0 aliphatic heterocycles. The molecule has 6 aromatic carbocycles. The van der Waals surface area contributed by atoms with Crippen LogP contribution in [0.2, 0.25) is 0 Å². The van der Waals surface area contributed by atoms with Crippen LogP contribution in [0.25, 0.3) is 60.5 Å². The monoisotopic (exact) mass is 668 g/mol. The zero-order chi connectivity index (χ0) is 35.9. The Morgan fingerprint density at radius 3 is 1.40 bits per heavy atom. The third-order valence-corrected chi connectivity index (χ3v) is 10.0. The number of benzene rings is 6. The summed E-state index contributed by atoms with van der Waals surface area (Å²) in [5, 5.41) is 4.84. The van der Waals surface area contributed by atoms with E-state index in [4.69, 9.17) is 0 Å². The molecule has 0 saturated heterocycles. The Labute approximate surface area is 309 Å². The first-order chi connectivity index (χ1) is 25.6. The Kier molecular flexibility index (Phi) is 10.4. The van der Waals surface area contributed by atoms with E-state index < -0.39 is 0 Å². The fourth-order valence-electron chi connectivity index (χ4n) is 7.38. The molecule has 0 amide bonds. The average molecular weight is 669 g/mol. The molecule has 0 atom stereocenters. The molecule has 1 aliphatic carbocycles. The molecule has 0 nitrogen and oxygen atoms in total. The van der Waals surface area contributed by atoms with Crippen LogP contribution in [0, 0.1) is 0 Å². The van der Waals surface area contributed by atoms with Crippen LogP contribution in [-0.4, -0.2) is 0 Å². The number of allylic oxidation sites excluding steroid dienone is 14. The van der Waals surface area contributed by atoms with E-state index in [1.54, 1.807) is 0 Å². The Hall–Kier alpha value is -6.24. The van der Waals surface area contributed by atoms with E-state index in [1.165, 1.54) is 66.1 Å². The van der Waals surface area contributed by atoms with Crippen molar-refractivity contribution in [2.75, 3.05) is 0 Å². The molecule has 52 heavy (non-hydrogen) atoms. The minimum Gasteiger partial charge on any atom is -0.0984 e. The fourth-order valence-corrected chi connectivity index (χ4v) is 7.38. The highest BCUT2D eigenvalue weighted by Gasteiger charge is 2.20. The molecule has 0 fully saturated rings. The lowest BCUT2D eigenvalue weighted by molar-refractivity contribution is 1.02. The molecule has 0 heterocycles. The Morgan fingerprint density at radius 2 is 0.962 bits per heavy atom. The lowest BCUT2D eigenvalue weighted by atomic mass is 9.82. The van der Waals surface area contributed by atoms with Crippen molar-refractivity contribution in [3.05, 3.63) is 223 Å². The predicted molar refractivity (Wildman–Crippen MR) is 229 cm³/mol. The van der Waals surface area contributed by atoms with Crippen molar-refractivity contribution in [1.29, 1.82) is 0 Å². The number of hydrogen-bond donors (Lipinski definition) is 0. The first kappa shape index (κ1) is 34.2. The second-order valence-corrected chi connectivity index (χ2v) is 13.1. The molecule has 6 aromatic rings. The van der Waals surface area contributed by atoms with Crippen molar-refractivity contribution in [3.8, 4) is 22.3 Å². The van der Waals surface area contributed by atoms with Gasteiger partial charge in [0.1, 0.15) is 0 Å². The molecule has 0 heteroatoms. The van der Waals surface area contributed by atoms with Crippen LogP contribution in [0.5, 0.6) is 0 Å². The molecular weight excluding hydrogens is 625 g/mol. The zero-order valence-electron chi connectivity index (χ0n) is 30.1. The summed E-state index contributed by atoms with van der Waals surface area (Å²) in [6.07, 6.45) is 22.0. The van der Waals surface area contributed by atoms with Gasteiger partial charge in [-0.15, -0.1) is 0 Å². The molecule has 252 valence electrons. The lowest BCUT2D eigenvalue weighted by Gasteiger charge is -2.21. The van der Waals surface area contributed by atoms with E-state index in [2.05, 4.69) is 197 Å². The first-order valence-electron chi connectivity index (χ1n) is 18.2. The van der Waals surface area contributed by atoms with Gasteiger partial charge in [-0.25, -0.2) is 0 Å². The summed E-state index contributed by atoms with van der Waals surface area (Å²) in [7, 11) is 0. The summed E-state index contributed by atoms with van der Waals surface area (Å²) in [6, 6.07) is 45.9. The molecule has 1 aliphatic rings. The highest BCUT2D eigenvalue weighted by Crippen LogP contribution is 2.44. The molecule has 7 rings (SSSR count). The van der Waals surface area contributed by atoms with Gasteiger partial charge < -0.3 is 0 Å². The third kappa shape index (κ3) is 6.89. The van der Waals surface area contributed by atoms with Crippen molar-refractivity contribution in [2.45, 2.75) is 26.7 Å². The van der Waals surface area contributed by atoms with Crippen molar-refractivity contribution in [3.63, 3.8) is 0 Å². The lowest BCUT2D eigenvalue weighted by Crippen LogP contribution is -1.97. The molecule has 0 aromatic heterocycles. The van der Waals surface area contributed by atoms with Crippen molar-refractivity contribution in [2.24, 2.45) is 0 Å². The maximum absolute atomic E-state index is 4.26. The van der Waals surface area contributed by atoms with E-state index in [-0.39, 0.29) is 0 Å². The third-order valence-electron chi connectivity index (χ3n) is 10.0. The molecule has 0 spiro atoms. The smallest absolute Gasteiger partial charge is 0.00292 e. The molecule has 0 radical (unpaired) electrons. The van der Waals surface area contributed by atoms with Gasteiger partial charge in [0.2, 0.25) is 0 Å². The normalized spacial score (nSPS) is 14.1.